The summed E-state index contributed by atoms with van der Waals surface area (Å²) in [6.07, 6.45) is 91.3. The predicted octanol–water partition coefficient (Wildman–Crippen LogP) is 23.0. The van der Waals surface area contributed by atoms with Gasteiger partial charge in [0.2, 0.25) is 0 Å². The van der Waals surface area contributed by atoms with Crippen molar-refractivity contribution in [1.29, 1.82) is 0 Å². The summed E-state index contributed by atoms with van der Waals surface area (Å²) in [5.41, 5.74) is 0. The van der Waals surface area contributed by atoms with Gasteiger partial charge in [-0.15, -0.1) is 0 Å². The fraction of sp³-hybridized carbons (Fsp3) is 0.712. The fourth-order valence-corrected chi connectivity index (χ4v) is 9.33. The van der Waals surface area contributed by atoms with Gasteiger partial charge in [-0.3, -0.25) is 14.4 Å². The smallest absolute Gasteiger partial charge is 0.306 e. The van der Waals surface area contributed by atoms with Crippen LogP contribution in [-0.4, -0.2) is 37.2 Å². The lowest BCUT2D eigenvalue weighted by Crippen LogP contribution is -2.30. The number of hydrogen-bond acceptors (Lipinski definition) is 6. The summed E-state index contributed by atoms with van der Waals surface area (Å²) < 4.78 is 16.9. The summed E-state index contributed by atoms with van der Waals surface area (Å²) in [5.74, 6) is -0.978. The molecule has 0 amide bonds. The molecule has 0 heterocycles. The Morgan fingerprint density at radius 1 is 0.266 bits per heavy atom. The maximum Gasteiger partial charge on any atom is 0.306 e. The summed E-state index contributed by atoms with van der Waals surface area (Å²) in [6, 6.07) is 0. The molecular weight excluding hydrogens is 973 g/mol. The highest BCUT2D eigenvalue weighted by molar-refractivity contribution is 5.71. The summed E-state index contributed by atoms with van der Waals surface area (Å²) in [7, 11) is 0. The second-order valence-electron chi connectivity index (χ2n) is 22.0. The topological polar surface area (TPSA) is 78.9 Å². The third-order valence-corrected chi connectivity index (χ3v) is 14.3. The second kappa shape index (κ2) is 66.6. The van der Waals surface area contributed by atoms with E-state index >= 15 is 0 Å². The average Bonchev–Trinajstić information content (AvgIpc) is 3.45. The van der Waals surface area contributed by atoms with E-state index in [0.29, 0.717) is 19.3 Å². The molecule has 79 heavy (non-hydrogen) atoms. The van der Waals surface area contributed by atoms with Gasteiger partial charge in [0.25, 0.3) is 0 Å². The molecule has 0 rings (SSSR count). The first-order valence-electron chi connectivity index (χ1n) is 33.4. The minimum absolute atomic E-state index is 0.100. The van der Waals surface area contributed by atoms with Crippen molar-refractivity contribution in [3.8, 4) is 0 Å². The molecule has 0 radical (unpaired) electrons. The van der Waals surface area contributed by atoms with E-state index in [-0.39, 0.29) is 37.5 Å². The molecule has 0 aromatic heterocycles. The summed E-state index contributed by atoms with van der Waals surface area (Å²) in [6.45, 7) is 6.38. The molecule has 0 aromatic carbocycles. The Morgan fingerprint density at radius 3 is 0.861 bits per heavy atom. The lowest BCUT2D eigenvalue weighted by Gasteiger charge is -2.18. The summed E-state index contributed by atoms with van der Waals surface area (Å²) in [5, 5.41) is 0. The van der Waals surface area contributed by atoms with Gasteiger partial charge in [-0.05, 0) is 109 Å². The van der Waals surface area contributed by atoms with E-state index in [4.69, 9.17) is 14.2 Å². The van der Waals surface area contributed by atoms with Gasteiger partial charge in [0, 0.05) is 19.3 Å². The zero-order chi connectivity index (χ0) is 57.1. The number of unbranched alkanes of at least 4 members (excludes halogenated alkanes) is 31. The highest BCUT2D eigenvalue weighted by Crippen LogP contribution is 2.17. The number of ether oxygens (including phenoxy) is 3. The van der Waals surface area contributed by atoms with Crippen LogP contribution in [0.3, 0.4) is 0 Å². The van der Waals surface area contributed by atoms with Gasteiger partial charge in [0.15, 0.2) is 6.10 Å². The summed E-state index contributed by atoms with van der Waals surface area (Å²) >= 11 is 0. The van der Waals surface area contributed by atoms with Crippen LogP contribution < -0.4 is 0 Å². The number of carbonyl (C=O) groups excluding carboxylic acids is 3. The Hall–Kier alpha value is -3.93. The number of allylic oxidation sites excluding steroid dienone is 18. The first-order chi connectivity index (χ1) is 39.0. The molecule has 1 unspecified atom stereocenters. The molecule has 6 heteroatoms. The Balaban J connectivity index is 4.31. The molecule has 0 bridgehead atoms. The first-order valence-corrected chi connectivity index (χ1v) is 33.4. The Bertz CT molecular complexity index is 1590. The van der Waals surface area contributed by atoms with Gasteiger partial charge >= 0.3 is 17.9 Å². The maximum absolute atomic E-state index is 12.9. The SMILES string of the molecule is CC/C=C\C/C=C\C/C=C\C/C=C\CCCCCCCCCCCCCCCCC(=O)OCC(COC(=O)CC/C=C\C/C=C\C/C=C\C/C=C\CC)OC(=O)CCCCCCCCCCC/C=C\CCCCCCCCCC. The first kappa shape index (κ1) is 75.1. The van der Waals surface area contributed by atoms with Crippen molar-refractivity contribution in [1.82, 2.24) is 0 Å². The molecule has 0 N–H and O–H groups in total. The highest BCUT2D eigenvalue weighted by Gasteiger charge is 2.19. The van der Waals surface area contributed by atoms with Crippen LogP contribution in [0.5, 0.6) is 0 Å². The Morgan fingerprint density at radius 2 is 0.519 bits per heavy atom. The van der Waals surface area contributed by atoms with E-state index in [1.165, 1.54) is 180 Å². The van der Waals surface area contributed by atoms with Crippen molar-refractivity contribution in [3.63, 3.8) is 0 Å². The van der Waals surface area contributed by atoms with Gasteiger partial charge in [0.05, 0.1) is 0 Å². The van der Waals surface area contributed by atoms with Crippen LogP contribution in [0.2, 0.25) is 0 Å². The Labute approximate surface area is 489 Å². The van der Waals surface area contributed by atoms with E-state index in [1.54, 1.807) is 0 Å². The lowest BCUT2D eigenvalue weighted by atomic mass is 10.0. The van der Waals surface area contributed by atoms with Crippen LogP contribution in [0.25, 0.3) is 0 Å². The van der Waals surface area contributed by atoms with Gasteiger partial charge in [0.1, 0.15) is 13.2 Å². The standard InChI is InChI=1S/C73H124O6/c1-4-7-10-13-16-19-22-25-27-29-31-33-34-35-36-37-38-40-41-43-45-48-51-54-57-60-63-66-72(75)78-69-70(68-77-71(74)65-62-59-56-53-50-47-24-21-18-15-12-9-6-3)79-73(76)67-64-61-58-55-52-49-46-44-42-39-32-30-28-26-23-20-17-14-11-8-5-2/h7,9-10,12,16,18-19,21,25,27,30-33,47,50,56,59,70H,4-6,8,11,13-15,17,20,22-24,26,28-29,34-46,48-49,51-55,57-58,60-69H2,1-3H3/b10-7-,12-9-,19-16-,21-18-,27-25-,32-30-,33-31-,50-47-,59-56-. The van der Waals surface area contributed by atoms with Crippen molar-refractivity contribution in [2.75, 3.05) is 13.2 Å². The third-order valence-electron chi connectivity index (χ3n) is 14.3. The number of rotatable bonds is 60. The van der Waals surface area contributed by atoms with Crippen LogP contribution in [0.15, 0.2) is 109 Å². The molecule has 0 aliphatic carbocycles. The van der Waals surface area contributed by atoms with Crippen LogP contribution in [-0.2, 0) is 28.6 Å². The molecule has 0 aliphatic heterocycles. The molecule has 6 nitrogen and oxygen atoms in total. The van der Waals surface area contributed by atoms with E-state index in [9.17, 15) is 14.4 Å². The van der Waals surface area contributed by atoms with Gasteiger partial charge < -0.3 is 14.2 Å². The maximum atomic E-state index is 12.9. The lowest BCUT2D eigenvalue weighted by molar-refractivity contribution is -0.166. The molecular formula is C73H124O6. The zero-order valence-corrected chi connectivity index (χ0v) is 51.9. The van der Waals surface area contributed by atoms with Gasteiger partial charge in [-0.2, -0.15) is 0 Å². The molecule has 1 atom stereocenters. The highest BCUT2D eigenvalue weighted by atomic mass is 16.6. The minimum atomic E-state index is -0.810. The van der Waals surface area contributed by atoms with Crippen LogP contribution >= 0.6 is 0 Å². The number of carbonyl (C=O) groups is 3. The molecule has 0 spiro atoms. The second-order valence-corrected chi connectivity index (χ2v) is 22.0. The molecule has 0 saturated carbocycles. The molecule has 0 aliphatic rings. The van der Waals surface area contributed by atoms with Crippen LogP contribution in [0, 0.1) is 0 Å². The molecule has 0 aromatic rings. The zero-order valence-electron chi connectivity index (χ0n) is 51.9. The fourth-order valence-electron chi connectivity index (χ4n) is 9.33. The van der Waals surface area contributed by atoms with Crippen LogP contribution in [0.4, 0.5) is 0 Å². The van der Waals surface area contributed by atoms with E-state index in [0.717, 1.165) is 89.9 Å². The molecule has 0 fully saturated rings. The average molecular weight is 1100 g/mol. The van der Waals surface area contributed by atoms with Crippen LogP contribution in [0.1, 0.15) is 316 Å². The molecule has 0 saturated heterocycles. The van der Waals surface area contributed by atoms with E-state index in [2.05, 4.69) is 124 Å². The van der Waals surface area contributed by atoms with Crippen molar-refractivity contribution in [2.24, 2.45) is 0 Å². The number of esters is 3. The minimum Gasteiger partial charge on any atom is -0.462 e. The predicted molar refractivity (Wildman–Crippen MR) is 343 cm³/mol. The van der Waals surface area contributed by atoms with E-state index in [1.807, 2.05) is 6.08 Å². The van der Waals surface area contributed by atoms with Crippen molar-refractivity contribution in [2.45, 2.75) is 322 Å². The largest absolute Gasteiger partial charge is 0.462 e. The van der Waals surface area contributed by atoms with Crippen molar-refractivity contribution in [3.05, 3.63) is 109 Å². The van der Waals surface area contributed by atoms with Gasteiger partial charge in [-0.25, -0.2) is 0 Å². The van der Waals surface area contributed by atoms with Crippen molar-refractivity contribution < 1.29 is 28.6 Å². The number of hydrogen-bond donors (Lipinski definition) is 0. The monoisotopic (exact) mass is 1100 g/mol. The molecule has 452 valence electrons. The summed E-state index contributed by atoms with van der Waals surface area (Å²) in [4.78, 5) is 38.3. The third kappa shape index (κ3) is 64.8. The van der Waals surface area contributed by atoms with Gasteiger partial charge in [-0.1, -0.05) is 297 Å². The van der Waals surface area contributed by atoms with E-state index < -0.39 is 6.10 Å². The normalized spacial score (nSPS) is 12.8. The van der Waals surface area contributed by atoms with Crippen molar-refractivity contribution >= 4 is 17.9 Å². The quantitative estimate of drug-likeness (QED) is 0.0261. The Kier molecular flexibility index (Phi) is 63.3.